The summed E-state index contributed by atoms with van der Waals surface area (Å²) in [5.74, 6) is -5.83. The Bertz CT molecular complexity index is 5580. The fourth-order valence-corrected chi connectivity index (χ4v) is 20.8. The number of ether oxygens (including phenoxy) is 7. The van der Waals surface area contributed by atoms with Crippen LogP contribution in [0.1, 0.15) is 170 Å². The molecule has 5 aromatic heterocycles. The molecule has 1 saturated carbocycles. The molecule has 138 heavy (non-hydrogen) atoms. The van der Waals surface area contributed by atoms with Crippen LogP contribution in [0.15, 0.2) is 118 Å². The molecule has 15 rings (SSSR count). The maximum absolute atomic E-state index is 14.9. The standard InChI is InChI=1S/C101H137N19O18/c1-61-17-13-12-14-18-62(2)81(130-8)51-75-25-20-67(7)101(129,138-75)92(125)96(127)119-31-16-15-19-78(119)97(128)136-83(64(4)47-68-22-26-79(121)84(49-68)132-10)52-82(131-9)63(3)46-66(6)90(124)91(133-11)88(65(5)45-61)112-135-59-86(123)117-33-29-76-74(58-117)55-106-100(110-76)116-40-38-114(39-41-116)85(122)30-43-134-44-42-113-34-36-115(37-35-113)99-104-53-73(54-105-99)95(126)118-32-28-70-48-69(21-23-72(70)57-118)56-120-94-87(93(102)107-60-108-94)89(111-120)71-24-27-80-77(50-71)109-98(103)137-80/h12-14,17-18,21,23-24,27,46,48,50,53-55,60-61,63-65,67-68,75,78-79,81-84,90-91,121,124,129H,15-16,19-20,22,25-26,28-45,47,49,51-52,56-59H2,1-11H3,(H2,103,109)(H2,102,107,108)/b14-12?,17-13+,62-18?,66-46+,112-88+/t61-,63-,64-,65-,67-,68+,75+,78+,79-,81+,82-,83+,84-,90-,91+,101-/m1/s1. The summed E-state index contributed by atoms with van der Waals surface area (Å²) in [5.41, 5.74) is 22.6. The average molecular weight is 1910 g/mol. The highest BCUT2D eigenvalue weighted by molar-refractivity contribution is 6.39. The average Bonchev–Trinajstić information content (AvgIpc) is 1.70. The number of nitrogen functional groups attached to an aromatic ring is 2. The molecule has 37 nitrogen and oxygen atoms in total. The summed E-state index contributed by atoms with van der Waals surface area (Å²) >= 11 is 0. The summed E-state index contributed by atoms with van der Waals surface area (Å²) in [4.78, 5) is 137. The first kappa shape index (κ1) is 101. The number of hydrogen-bond donors (Lipinski definition) is 5. The van der Waals surface area contributed by atoms with Crippen LogP contribution in [0, 0.1) is 35.5 Å². The molecule has 2 aromatic carbocycles. The van der Waals surface area contributed by atoms with E-state index in [4.69, 9.17) is 74.1 Å². The number of nitrogens with two attached hydrogens (primary N) is 2. The number of oxime groups is 1. The van der Waals surface area contributed by atoms with Gasteiger partial charge in [-0.15, -0.1) is 0 Å². The molecule has 16 atom stereocenters. The summed E-state index contributed by atoms with van der Waals surface area (Å²) in [6, 6.07) is 10.8. The highest BCUT2D eigenvalue weighted by atomic mass is 16.6. The third-order valence-electron chi connectivity index (χ3n) is 29.2. The number of allylic oxidation sites excluding steroid dienone is 5. The number of cyclic esters (lactones) is 1. The number of Topliss-reactive ketones (excluding diaryl/α,β-unsaturated/α-hetero) is 1. The number of oxazole rings is 1. The number of amides is 4. The zero-order valence-corrected chi connectivity index (χ0v) is 81.5. The molecule has 12 heterocycles. The van der Waals surface area contributed by atoms with Crippen molar-refractivity contribution in [3.8, 4) is 11.3 Å². The first-order valence-corrected chi connectivity index (χ1v) is 48.9. The van der Waals surface area contributed by atoms with Gasteiger partial charge in [0.25, 0.3) is 29.5 Å². The van der Waals surface area contributed by atoms with E-state index in [1.807, 2.05) is 84.7 Å². The molecule has 0 unspecified atom stereocenters. The lowest BCUT2D eigenvalue weighted by molar-refractivity contribution is -0.265. The molecule has 7 aliphatic heterocycles. The van der Waals surface area contributed by atoms with E-state index < -0.39 is 90.7 Å². The molecule has 4 saturated heterocycles. The van der Waals surface area contributed by atoms with E-state index >= 15 is 0 Å². The minimum absolute atomic E-state index is 0.0276. The van der Waals surface area contributed by atoms with Crippen LogP contribution in [0.4, 0.5) is 23.7 Å². The van der Waals surface area contributed by atoms with Crippen LogP contribution in [-0.2, 0) is 94.4 Å². The Kier molecular flexibility index (Phi) is 34.0. The number of methoxy groups -OCH3 is 4. The van der Waals surface area contributed by atoms with Gasteiger partial charge in [-0.3, -0.25) is 28.9 Å². The number of aliphatic hydroxyl groups is 3. The van der Waals surface area contributed by atoms with Crippen molar-refractivity contribution < 1.29 is 86.5 Å². The fraction of sp³-hybridized carbons (Fsp3) is 0.594. The molecule has 0 radical (unpaired) electrons. The molecule has 0 spiro atoms. The zero-order valence-electron chi connectivity index (χ0n) is 81.5. The van der Waals surface area contributed by atoms with Crippen molar-refractivity contribution in [1.82, 2.24) is 69.2 Å². The van der Waals surface area contributed by atoms with Crippen molar-refractivity contribution in [2.24, 2.45) is 40.7 Å². The Labute approximate surface area is 806 Å². The maximum Gasteiger partial charge on any atom is 0.329 e. The Hall–Kier alpha value is -11.1. The minimum Gasteiger partial charge on any atom is -0.460 e. The van der Waals surface area contributed by atoms with Crippen LogP contribution < -0.4 is 21.3 Å². The van der Waals surface area contributed by atoms with Gasteiger partial charge in [0.1, 0.15) is 47.7 Å². The van der Waals surface area contributed by atoms with E-state index in [0.717, 1.165) is 58.6 Å². The van der Waals surface area contributed by atoms with Gasteiger partial charge in [0.2, 0.25) is 23.6 Å². The summed E-state index contributed by atoms with van der Waals surface area (Å²) in [7, 11) is 6.27. The van der Waals surface area contributed by atoms with E-state index in [1.165, 1.54) is 18.3 Å². The molecule has 5 fully saturated rings. The van der Waals surface area contributed by atoms with Crippen molar-refractivity contribution in [1.29, 1.82) is 0 Å². The maximum atomic E-state index is 14.9. The van der Waals surface area contributed by atoms with Gasteiger partial charge in [0, 0.05) is 187 Å². The third-order valence-corrected chi connectivity index (χ3v) is 29.2. The van der Waals surface area contributed by atoms with Crippen LogP contribution in [0.5, 0.6) is 0 Å². The third kappa shape index (κ3) is 24.1. The van der Waals surface area contributed by atoms with Crippen molar-refractivity contribution >= 4 is 87.0 Å². The number of piperidine rings is 1. The molecular weight excluding hydrogens is 1770 g/mol. The topological polar surface area (TPSA) is 445 Å². The van der Waals surface area contributed by atoms with E-state index in [0.29, 0.717) is 218 Å². The first-order chi connectivity index (χ1) is 66.5. The van der Waals surface area contributed by atoms with E-state index in [-0.39, 0.29) is 85.9 Å². The Balaban J connectivity index is 0.513. The molecule has 744 valence electrons. The number of anilines is 4. The number of aliphatic hydroxyl groups excluding tert-OH is 2. The molecule has 2 bridgehead atoms. The number of aromatic nitrogens is 9. The van der Waals surface area contributed by atoms with Crippen LogP contribution in [0.3, 0.4) is 0 Å². The number of nitrogens with zero attached hydrogens (tertiary/aromatic N) is 17. The van der Waals surface area contributed by atoms with Gasteiger partial charge >= 0.3 is 5.97 Å². The molecule has 7 N–H and O–H groups in total. The van der Waals surface area contributed by atoms with Gasteiger partial charge in [-0.1, -0.05) is 94.4 Å². The van der Waals surface area contributed by atoms with Crippen molar-refractivity contribution in [2.75, 3.05) is 148 Å². The van der Waals surface area contributed by atoms with Gasteiger partial charge in [0.05, 0.1) is 79.1 Å². The van der Waals surface area contributed by atoms with Crippen LogP contribution in [0.2, 0.25) is 0 Å². The Morgan fingerprint density at radius 2 is 1.45 bits per heavy atom. The van der Waals surface area contributed by atoms with Crippen LogP contribution >= 0.6 is 0 Å². The molecular formula is C101H137N19O18. The highest BCUT2D eigenvalue weighted by Gasteiger charge is 2.54. The summed E-state index contributed by atoms with van der Waals surface area (Å²) in [6.07, 6.45) is 19.7. The van der Waals surface area contributed by atoms with Gasteiger partial charge in [-0.25, -0.2) is 39.4 Å². The number of piperazine rings is 2. The number of esters is 1. The predicted octanol–water partition coefficient (Wildman–Crippen LogP) is 8.83. The number of carbonyl (C=O) groups excluding carboxylic acids is 6. The largest absolute Gasteiger partial charge is 0.460 e. The SMILES string of the molecule is CO[C@H]1C[C@@H]2CC[C@@H](C)[C@@](O)(O2)C(=O)C(=O)N2CCCC[C@H]2C(=O)O[C@H]([C@H](C)C[C@@H]2CC[C@@H](O)[C@H](OC)C2)C[C@@H](OC)[C@H](C)/C=C(\C)[C@@H](O)[C@@H](OC)/C(=N/OCC(=O)N2CCc3nc(N4CCN(C(=O)CCOCCN5CCN(c6ncc(C(=O)N7CCc8cc(Cn9nc(-c%10ccc%11oc(N)nc%11c%10)c%10c(N)ncnc%109)ccc8C7)cn6)CC5)CC4)ncc3C2)[C@H](C)C[C@H](C)/C=C/C=CC=C1C. The number of rotatable bonds is 22. The number of benzene rings is 2. The predicted molar refractivity (Wildman–Crippen MR) is 517 cm³/mol. The molecule has 4 amide bonds. The van der Waals surface area contributed by atoms with Crippen LogP contribution in [0.25, 0.3) is 33.4 Å². The number of fused-ring (bicyclic) bond motifs is 7. The smallest absolute Gasteiger partial charge is 0.329 e. The van der Waals surface area contributed by atoms with Gasteiger partial charge in [-0.2, -0.15) is 10.1 Å². The molecule has 7 aromatic rings. The van der Waals surface area contributed by atoms with Gasteiger partial charge in [0.15, 0.2) is 17.8 Å². The normalized spacial score (nSPS) is 28.0. The van der Waals surface area contributed by atoms with Gasteiger partial charge < -0.3 is 98.6 Å². The Morgan fingerprint density at radius 1 is 0.696 bits per heavy atom. The molecule has 8 aliphatic rings. The highest BCUT2D eigenvalue weighted by Crippen LogP contribution is 2.41. The van der Waals surface area contributed by atoms with E-state index in [2.05, 4.69) is 70.8 Å². The summed E-state index contributed by atoms with van der Waals surface area (Å²) in [5, 5.41) is 45.9. The first-order valence-electron chi connectivity index (χ1n) is 48.9. The minimum atomic E-state index is -2.45. The van der Waals surface area contributed by atoms with Crippen molar-refractivity contribution in [3.05, 3.63) is 142 Å². The number of carbonyl (C=O) groups is 6. The number of hydrogen-bond acceptors (Lipinski definition) is 32. The molecule has 1 aliphatic carbocycles. The van der Waals surface area contributed by atoms with E-state index in [9.17, 15) is 44.1 Å². The van der Waals surface area contributed by atoms with Crippen LogP contribution in [-0.4, -0.2) is 313 Å². The quantitative estimate of drug-likeness (QED) is 0.0139. The summed E-state index contributed by atoms with van der Waals surface area (Å²) in [6.45, 7) is 21.8. The van der Waals surface area contributed by atoms with Crippen molar-refractivity contribution in [3.63, 3.8) is 0 Å². The van der Waals surface area contributed by atoms with Gasteiger partial charge in [-0.05, 0) is 148 Å². The lowest BCUT2D eigenvalue weighted by Gasteiger charge is -2.43. The lowest BCUT2D eigenvalue weighted by atomic mass is 9.78. The van der Waals surface area contributed by atoms with Crippen molar-refractivity contribution in [2.45, 2.75) is 225 Å². The zero-order chi connectivity index (χ0) is 97.6. The lowest BCUT2D eigenvalue weighted by Crippen LogP contribution is -2.61. The second-order valence-electron chi connectivity index (χ2n) is 38.7. The molecule has 37 heteroatoms. The second-order valence-corrected chi connectivity index (χ2v) is 38.7. The summed E-state index contributed by atoms with van der Waals surface area (Å²) < 4.78 is 50.4. The fourth-order valence-electron chi connectivity index (χ4n) is 20.8. The number of ketones is 1. The monoisotopic (exact) mass is 1900 g/mol. The van der Waals surface area contributed by atoms with E-state index in [1.54, 1.807) is 64.7 Å². The second kappa shape index (κ2) is 46.3. The Morgan fingerprint density at radius 3 is 2.22 bits per heavy atom.